The molecule has 0 saturated heterocycles. The summed E-state index contributed by atoms with van der Waals surface area (Å²) in [5.74, 6) is 1.83. The molecule has 5 heterocycles. The van der Waals surface area contributed by atoms with Crippen LogP contribution in [0.1, 0.15) is 0 Å². The first-order chi connectivity index (χ1) is 31.2. The Kier molecular flexibility index (Phi) is 7.77. The standard InChI is InChI=1S/C56H34N6O/c1-3-13-36(14-4-1)54-58-55(37-15-5-2-6-16-37)60-56(59-54)62-48-21-11-8-18-43(48)46-34-39(26-30-50(46)62)38-25-29-49-45(33-38)42-17-7-10-20-47(42)61(49)40-27-23-35(24-28-40)41-31-32-57-52-44-19-9-12-22-51(44)63-53(41)52/h1-34H. The first kappa shape index (κ1) is 35.1. The molecule has 7 nitrogen and oxygen atoms in total. The van der Waals surface area contributed by atoms with Gasteiger partial charge in [-0.2, -0.15) is 9.97 Å². The number of nitrogens with zero attached hydrogens (tertiary/aromatic N) is 6. The summed E-state index contributed by atoms with van der Waals surface area (Å²) in [6, 6.07) is 69.8. The van der Waals surface area contributed by atoms with Gasteiger partial charge in [0.05, 0.1) is 22.1 Å². The molecule has 8 aromatic carbocycles. The monoisotopic (exact) mass is 806 g/mol. The minimum absolute atomic E-state index is 0.576. The fraction of sp³-hybridized carbons (Fsp3) is 0. The minimum Gasteiger partial charge on any atom is -0.454 e. The van der Waals surface area contributed by atoms with Crippen LogP contribution in [0.3, 0.4) is 0 Å². The van der Waals surface area contributed by atoms with Crippen molar-refractivity contribution in [1.29, 1.82) is 0 Å². The summed E-state index contributed by atoms with van der Waals surface area (Å²) in [6.07, 6.45) is 1.87. The van der Waals surface area contributed by atoms with Gasteiger partial charge in [0.15, 0.2) is 17.2 Å². The van der Waals surface area contributed by atoms with Crippen molar-refractivity contribution < 1.29 is 4.42 Å². The van der Waals surface area contributed by atoms with Crippen LogP contribution in [0.4, 0.5) is 0 Å². The fourth-order valence-corrected chi connectivity index (χ4v) is 9.32. The Hall–Kier alpha value is -8.68. The lowest BCUT2D eigenvalue weighted by Gasteiger charge is -2.11. The average Bonchev–Trinajstić information content (AvgIpc) is 4.02. The molecular formula is C56H34N6O. The maximum Gasteiger partial charge on any atom is 0.238 e. The molecule has 0 unspecified atom stereocenters. The summed E-state index contributed by atoms with van der Waals surface area (Å²) in [5, 5.41) is 5.68. The largest absolute Gasteiger partial charge is 0.454 e. The summed E-state index contributed by atoms with van der Waals surface area (Å²) in [4.78, 5) is 19.9. The molecule has 7 heteroatoms. The van der Waals surface area contributed by atoms with Gasteiger partial charge < -0.3 is 8.98 Å². The Morgan fingerprint density at radius 2 is 0.873 bits per heavy atom. The van der Waals surface area contributed by atoms with E-state index in [-0.39, 0.29) is 0 Å². The van der Waals surface area contributed by atoms with E-state index in [1.807, 2.05) is 91.1 Å². The molecule has 0 spiro atoms. The van der Waals surface area contributed by atoms with Crippen LogP contribution in [0, 0.1) is 0 Å². The number of hydrogen-bond donors (Lipinski definition) is 0. The molecule has 0 atom stereocenters. The average molecular weight is 807 g/mol. The predicted molar refractivity (Wildman–Crippen MR) is 255 cm³/mol. The third-order valence-corrected chi connectivity index (χ3v) is 12.3. The van der Waals surface area contributed by atoms with Crippen molar-refractivity contribution in [3.63, 3.8) is 0 Å². The molecule has 0 aliphatic heterocycles. The number of fused-ring (bicyclic) bond motifs is 9. The van der Waals surface area contributed by atoms with Gasteiger partial charge in [0.25, 0.3) is 0 Å². The van der Waals surface area contributed by atoms with Crippen LogP contribution in [0.15, 0.2) is 211 Å². The zero-order valence-corrected chi connectivity index (χ0v) is 33.7. The summed E-state index contributed by atoms with van der Waals surface area (Å²) in [6.45, 7) is 0. The molecule has 294 valence electrons. The van der Waals surface area contributed by atoms with E-state index in [1.54, 1.807) is 0 Å². The van der Waals surface area contributed by atoms with Crippen molar-refractivity contribution in [1.82, 2.24) is 29.1 Å². The van der Waals surface area contributed by atoms with Crippen LogP contribution >= 0.6 is 0 Å². The second kappa shape index (κ2) is 13.9. The second-order valence-electron chi connectivity index (χ2n) is 15.9. The SMILES string of the molecule is c1ccc(-c2nc(-c3ccccc3)nc(-n3c4ccccc4c4cc(-c5ccc6c(c5)c5ccccc5n6-c5ccc(-c6ccnc7c6oc6ccccc67)cc5)ccc43)n2)cc1. The molecule has 0 amide bonds. The van der Waals surface area contributed by atoms with E-state index in [9.17, 15) is 0 Å². The van der Waals surface area contributed by atoms with E-state index in [2.05, 4.69) is 129 Å². The maximum absolute atomic E-state index is 6.33. The molecule has 0 saturated carbocycles. The van der Waals surface area contributed by atoms with Crippen molar-refractivity contribution in [2.75, 3.05) is 0 Å². The lowest BCUT2D eigenvalue weighted by Crippen LogP contribution is -2.06. The Morgan fingerprint density at radius 1 is 0.365 bits per heavy atom. The number of furan rings is 1. The van der Waals surface area contributed by atoms with Gasteiger partial charge in [-0.25, -0.2) is 4.98 Å². The number of hydrogen-bond acceptors (Lipinski definition) is 5. The third-order valence-electron chi connectivity index (χ3n) is 12.3. The van der Waals surface area contributed by atoms with Crippen LogP contribution in [0.25, 0.3) is 122 Å². The molecule has 63 heavy (non-hydrogen) atoms. The molecule has 13 aromatic rings. The number of aromatic nitrogens is 6. The number of benzene rings is 8. The van der Waals surface area contributed by atoms with E-state index in [0.29, 0.717) is 17.6 Å². The summed E-state index contributed by atoms with van der Waals surface area (Å²) < 4.78 is 10.9. The van der Waals surface area contributed by atoms with Gasteiger partial charge in [-0.3, -0.25) is 9.55 Å². The quantitative estimate of drug-likeness (QED) is 0.167. The highest BCUT2D eigenvalue weighted by Crippen LogP contribution is 2.40. The summed E-state index contributed by atoms with van der Waals surface area (Å²) >= 11 is 0. The van der Waals surface area contributed by atoms with E-state index < -0.39 is 0 Å². The number of pyridine rings is 1. The lowest BCUT2D eigenvalue weighted by molar-refractivity contribution is 0.669. The normalized spacial score (nSPS) is 11.8. The van der Waals surface area contributed by atoms with Gasteiger partial charge >= 0.3 is 0 Å². The van der Waals surface area contributed by atoms with Gasteiger partial charge in [0.1, 0.15) is 11.1 Å². The highest BCUT2D eigenvalue weighted by Gasteiger charge is 2.20. The molecule has 0 bridgehead atoms. The Labute approximate surface area is 360 Å². The van der Waals surface area contributed by atoms with E-state index >= 15 is 0 Å². The van der Waals surface area contributed by atoms with Crippen molar-refractivity contribution in [2.24, 2.45) is 0 Å². The van der Waals surface area contributed by atoms with Gasteiger partial charge in [0.2, 0.25) is 5.95 Å². The van der Waals surface area contributed by atoms with Crippen molar-refractivity contribution >= 4 is 65.7 Å². The molecule has 0 aliphatic rings. The van der Waals surface area contributed by atoms with Crippen LogP contribution < -0.4 is 0 Å². The Balaban J connectivity index is 0.925. The Bertz CT molecular complexity index is 3850. The fourth-order valence-electron chi connectivity index (χ4n) is 9.32. The van der Waals surface area contributed by atoms with Gasteiger partial charge in [0, 0.05) is 55.5 Å². The summed E-state index contributed by atoms with van der Waals surface area (Å²) in [7, 11) is 0. The molecule has 0 radical (unpaired) electrons. The van der Waals surface area contributed by atoms with Crippen LogP contribution in [-0.2, 0) is 0 Å². The molecule has 5 aromatic heterocycles. The first-order valence-corrected chi connectivity index (χ1v) is 21.0. The first-order valence-electron chi connectivity index (χ1n) is 21.0. The minimum atomic E-state index is 0.576. The molecule has 0 N–H and O–H groups in total. The van der Waals surface area contributed by atoms with E-state index in [1.165, 1.54) is 10.8 Å². The molecule has 0 fully saturated rings. The smallest absolute Gasteiger partial charge is 0.238 e. The van der Waals surface area contributed by atoms with E-state index in [0.717, 1.165) is 94.0 Å². The van der Waals surface area contributed by atoms with Crippen molar-refractivity contribution in [3.8, 4) is 56.7 Å². The van der Waals surface area contributed by atoms with Crippen LogP contribution in [0.5, 0.6) is 0 Å². The Morgan fingerprint density at radius 3 is 1.51 bits per heavy atom. The lowest BCUT2D eigenvalue weighted by atomic mass is 10.0. The number of para-hydroxylation sites is 3. The zero-order chi connectivity index (χ0) is 41.4. The van der Waals surface area contributed by atoms with E-state index in [4.69, 9.17) is 19.4 Å². The van der Waals surface area contributed by atoms with Gasteiger partial charge in [-0.15, -0.1) is 0 Å². The van der Waals surface area contributed by atoms with Crippen LogP contribution in [-0.4, -0.2) is 29.1 Å². The van der Waals surface area contributed by atoms with Gasteiger partial charge in [-0.1, -0.05) is 133 Å². The van der Waals surface area contributed by atoms with Crippen molar-refractivity contribution in [2.45, 2.75) is 0 Å². The summed E-state index contributed by atoms with van der Waals surface area (Å²) in [5.41, 5.74) is 14.2. The molecule has 0 aliphatic carbocycles. The second-order valence-corrected chi connectivity index (χ2v) is 15.9. The molecule has 13 rings (SSSR count). The maximum atomic E-state index is 6.33. The zero-order valence-electron chi connectivity index (χ0n) is 33.7. The molecular weight excluding hydrogens is 773 g/mol. The predicted octanol–water partition coefficient (Wildman–Crippen LogP) is 14.0. The van der Waals surface area contributed by atoms with Crippen LogP contribution in [0.2, 0.25) is 0 Å². The third kappa shape index (κ3) is 5.60. The topological polar surface area (TPSA) is 74.6 Å². The highest BCUT2D eigenvalue weighted by atomic mass is 16.3. The highest BCUT2D eigenvalue weighted by molar-refractivity contribution is 6.13. The van der Waals surface area contributed by atoms with Gasteiger partial charge in [-0.05, 0) is 83.4 Å². The number of rotatable bonds is 6. The van der Waals surface area contributed by atoms with Crippen molar-refractivity contribution in [3.05, 3.63) is 206 Å².